The van der Waals surface area contributed by atoms with Crippen LogP contribution in [-0.4, -0.2) is 67.4 Å². The minimum atomic E-state index is -0.216. The molecular formula is C21H31FN4O2. The summed E-state index contributed by atoms with van der Waals surface area (Å²) in [6.07, 6.45) is 3.64. The molecule has 6 nitrogen and oxygen atoms in total. The molecule has 2 saturated heterocycles. The van der Waals surface area contributed by atoms with Crippen molar-refractivity contribution in [2.75, 3.05) is 39.8 Å². The third-order valence-corrected chi connectivity index (χ3v) is 5.75. The highest BCUT2D eigenvalue weighted by atomic mass is 19.1. The van der Waals surface area contributed by atoms with Crippen LogP contribution in [0.15, 0.2) is 24.3 Å². The van der Waals surface area contributed by atoms with Gasteiger partial charge in [0.15, 0.2) is 0 Å². The lowest BCUT2D eigenvalue weighted by Gasteiger charge is -2.35. The van der Waals surface area contributed by atoms with Gasteiger partial charge in [0.05, 0.1) is 12.5 Å². The molecule has 28 heavy (non-hydrogen) atoms. The third kappa shape index (κ3) is 6.01. The number of nitrogens with zero attached hydrogens (tertiary/aromatic N) is 2. The van der Waals surface area contributed by atoms with Crippen molar-refractivity contribution >= 4 is 11.8 Å². The van der Waals surface area contributed by atoms with Crippen LogP contribution in [0.5, 0.6) is 0 Å². The Hall–Kier alpha value is -1.99. The van der Waals surface area contributed by atoms with Crippen molar-refractivity contribution in [1.82, 2.24) is 20.4 Å². The first-order valence-corrected chi connectivity index (χ1v) is 10.2. The van der Waals surface area contributed by atoms with Crippen LogP contribution in [0.25, 0.3) is 0 Å². The van der Waals surface area contributed by atoms with Gasteiger partial charge in [-0.3, -0.25) is 19.4 Å². The summed E-state index contributed by atoms with van der Waals surface area (Å²) in [5.74, 6) is -0.0606. The molecule has 3 rings (SSSR count). The highest BCUT2D eigenvalue weighted by Crippen LogP contribution is 2.20. The van der Waals surface area contributed by atoms with Crippen LogP contribution in [-0.2, 0) is 16.1 Å². The number of hydrogen-bond donors (Lipinski definition) is 2. The quantitative estimate of drug-likeness (QED) is 0.770. The molecule has 0 aromatic heterocycles. The minimum absolute atomic E-state index is 0.00814. The second-order valence-electron chi connectivity index (χ2n) is 7.94. The van der Waals surface area contributed by atoms with Gasteiger partial charge in [-0.2, -0.15) is 0 Å². The van der Waals surface area contributed by atoms with E-state index in [-0.39, 0.29) is 29.6 Å². The van der Waals surface area contributed by atoms with Gasteiger partial charge in [0, 0.05) is 39.3 Å². The summed E-state index contributed by atoms with van der Waals surface area (Å²) in [7, 11) is 1.65. The predicted octanol–water partition coefficient (Wildman–Crippen LogP) is 1.36. The summed E-state index contributed by atoms with van der Waals surface area (Å²) in [5.41, 5.74) is 0.949. The number of carbonyl (C=O) groups excluding carboxylic acids is 2. The van der Waals surface area contributed by atoms with Crippen molar-refractivity contribution in [1.29, 1.82) is 0 Å². The van der Waals surface area contributed by atoms with E-state index in [1.54, 1.807) is 19.2 Å². The molecule has 1 atom stereocenters. The molecule has 0 radical (unpaired) electrons. The molecule has 1 unspecified atom stereocenters. The third-order valence-electron chi connectivity index (χ3n) is 5.75. The minimum Gasteiger partial charge on any atom is -0.358 e. The Morgan fingerprint density at radius 1 is 1.14 bits per heavy atom. The highest BCUT2D eigenvalue weighted by Gasteiger charge is 2.28. The first-order chi connectivity index (χ1) is 13.5. The van der Waals surface area contributed by atoms with Crippen molar-refractivity contribution < 1.29 is 14.0 Å². The van der Waals surface area contributed by atoms with E-state index < -0.39 is 0 Å². The number of likely N-dealkylation sites (N-methyl/N-ethyl adjacent to an activating group) is 1. The van der Waals surface area contributed by atoms with Crippen LogP contribution in [0.4, 0.5) is 4.39 Å². The van der Waals surface area contributed by atoms with Crippen molar-refractivity contribution in [3.63, 3.8) is 0 Å². The second-order valence-corrected chi connectivity index (χ2v) is 7.94. The van der Waals surface area contributed by atoms with E-state index in [1.807, 2.05) is 6.07 Å². The summed E-state index contributed by atoms with van der Waals surface area (Å²) < 4.78 is 13.4. The van der Waals surface area contributed by atoms with Crippen molar-refractivity contribution in [2.24, 2.45) is 5.92 Å². The van der Waals surface area contributed by atoms with Gasteiger partial charge in [0.2, 0.25) is 11.8 Å². The van der Waals surface area contributed by atoms with E-state index in [0.29, 0.717) is 13.1 Å². The van der Waals surface area contributed by atoms with Gasteiger partial charge in [-0.05, 0) is 49.9 Å². The van der Waals surface area contributed by atoms with Gasteiger partial charge >= 0.3 is 0 Å². The van der Waals surface area contributed by atoms with Gasteiger partial charge in [0.25, 0.3) is 0 Å². The zero-order valence-electron chi connectivity index (χ0n) is 16.6. The van der Waals surface area contributed by atoms with Crippen LogP contribution < -0.4 is 10.6 Å². The number of rotatable bonds is 6. The molecule has 0 aliphatic carbocycles. The maximum Gasteiger partial charge on any atom is 0.233 e. The zero-order valence-corrected chi connectivity index (χ0v) is 16.6. The smallest absolute Gasteiger partial charge is 0.233 e. The number of amides is 2. The Morgan fingerprint density at radius 2 is 1.93 bits per heavy atom. The summed E-state index contributed by atoms with van der Waals surface area (Å²) in [5, 5.41) is 5.86. The van der Waals surface area contributed by atoms with Crippen LogP contribution in [0.2, 0.25) is 0 Å². The first kappa shape index (κ1) is 20.7. The zero-order chi connectivity index (χ0) is 19.9. The Labute approximate surface area is 166 Å². The molecule has 7 heteroatoms. The van der Waals surface area contributed by atoms with Gasteiger partial charge in [-0.1, -0.05) is 12.1 Å². The standard InChI is InChI=1S/C21H31FN4O2/c1-23-20(27)15-25-10-7-19(8-11-25)24-21(28)17-5-3-9-26(14-17)13-16-4-2-6-18(22)12-16/h2,4,6,12,17,19H,3,5,7-11,13-15H2,1H3,(H,23,27)(H,24,28). The molecular weight excluding hydrogens is 359 g/mol. The Kier molecular flexibility index (Phi) is 7.39. The van der Waals surface area contributed by atoms with Crippen molar-refractivity contribution in [2.45, 2.75) is 38.3 Å². The Bertz CT molecular complexity index is 676. The van der Waals surface area contributed by atoms with Crippen molar-refractivity contribution in [3.05, 3.63) is 35.6 Å². The predicted molar refractivity (Wildman–Crippen MR) is 106 cm³/mol. The number of halogens is 1. The van der Waals surface area contributed by atoms with E-state index in [9.17, 15) is 14.0 Å². The number of benzene rings is 1. The monoisotopic (exact) mass is 390 g/mol. The fourth-order valence-electron chi connectivity index (χ4n) is 4.14. The number of piperidine rings is 2. The van der Waals surface area contributed by atoms with Crippen molar-refractivity contribution in [3.8, 4) is 0 Å². The van der Waals surface area contributed by atoms with E-state index in [0.717, 1.165) is 57.4 Å². The molecule has 0 saturated carbocycles. The number of likely N-dealkylation sites (tertiary alicyclic amines) is 2. The Balaban J connectivity index is 1.43. The fourth-order valence-corrected chi connectivity index (χ4v) is 4.14. The Morgan fingerprint density at radius 3 is 2.64 bits per heavy atom. The normalized spacial score (nSPS) is 22.0. The fraction of sp³-hybridized carbons (Fsp3) is 0.619. The van der Waals surface area contributed by atoms with Gasteiger partial charge in [-0.25, -0.2) is 4.39 Å². The molecule has 2 aliphatic heterocycles. The lowest BCUT2D eigenvalue weighted by Crippen LogP contribution is -2.50. The van der Waals surface area contributed by atoms with Crippen LogP contribution >= 0.6 is 0 Å². The molecule has 2 N–H and O–H groups in total. The summed E-state index contributed by atoms with van der Waals surface area (Å²) in [4.78, 5) is 28.6. The van der Waals surface area contributed by atoms with E-state index in [2.05, 4.69) is 20.4 Å². The lowest BCUT2D eigenvalue weighted by atomic mass is 9.95. The number of hydrogen-bond acceptors (Lipinski definition) is 4. The second kappa shape index (κ2) is 9.98. The van der Waals surface area contributed by atoms with E-state index in [1.165, 1.54) is 6.07 Å². The summed E-state index contributed by atoms with van der Waals surface area (Å²) >= 11 is 0. The molecule has 0 spiro atoms. The summed E-state index contributed by atoms with van der Waals surface area (Å²) in [6, 6.07) is 6.87. The average Bonchev–Trinajstić information content (AvgIpc) is 2.69. The molecule has 2 fully saturated rings. The largest absolute Gasteiger partial charge is 0.358 e. The average molecular weight is 391 g/mol. The van der Waals surface area contributed by atoms with Gasteiger partial charge < -0.3 is 10.6 Å². The van der Waals surface area contributed by atoms with Gasteiger partial charge in [-0.15, -0.1) is 0 Å². The summed E-state index contributed by atoms with van der Waals surface area (Å²) in [6.45, 7) is 4.42. The first-order valence-electron chi connectivity index (χ1n) is 10.2. The molecule has 1 aromatic rings. The molecule has 0 bridgehead atoms. The molecule has 1 aromatic carbocycles. The maximum absolute atomic E-state index is 13.4. The molecule has 2 aliphatic rings. The topological polar surface area (TPSA) is 64.7 Å². The number of nitrogens with one attached hydrogen (secondary N) is 2. The lowest BCUT2D eigenvalue weighted by molar-refractivity contribution is -0.128. The van der Waals surface area contributed by atoms with Gasteiger partial charge in [0.1, 0.15) is 5.82 Å². The molecule has 154 valence electrons. The maximum atomic E-state index is 13.4. The SMILES string of the molecule is CNC(=O)CN1CCC(NC(=O)C2CCCN(Cc3cccc(F)c3)C2)CC1. The van der Waals surface area contributed by atoms with E-state index in [4.69, 9.17) is 0 Å². The van der Waals surface area contributed by atoms with Crippen LogP contribution in [0, 0.1) is 11.7 Å². The van der Waals surface area contributed by atoms with E-state index >= 15 is 0 Å². The molecule has 2 amide bonds. The highest BCUT2D eigenvalue weighted by molar-refractivity contribution is 5.79. The molecule has 2 heterocycles. The van der Waals surface area contributed by atoms with Crippen LogP contribution in [0.1, 0.15) is 31.2 Å². The number of carbonyl (C=O) groups is 2. The van der Waals surface area contributed by atoms with Crippen LogP contribution in [0.3, 0.4) is 0 Å².